The van der Waals surface area contributed by atoms with E-state index >= 15 is 0 Å². The Morgan fingerprint density at radius 3 is 2.78 bits per heavy atom. The van der Waals surface area contributed by atoms with Gasteiger partial charge < -0.3 is 9.64 Å². The zero-order chi connectivity index (χ0) is 13.1. The first-order valence-electron chi connectivity index (χ1n) is 5.78. The second-order valence-electron chi connectivity index (χ2n) is 4.16. The molecule has 0 unspecified atom stereocenters. The van der Waals surface area contributed by atoms with Crippen molar-refractivity contribution in [1.82, 2.24) is 4.90 Å². The fourth-order valence-corrected chi connectivity index (χ4v) is 2.40. The fourth-order valence-electron chi connectivity index (χ4n) is 2.18. The Bertz CT molecular complexity index is 475. The zero-order valence-corrected chi connectivity index (χ0v) is 10.8. The van der Waals surface area contributed by atoms with Crippen molar-refractivity contribution in [1.29, 1.82) is 0 Å². The molecule has 0 radical (unpaired) electrons. The van der Waals surface area contributed by atoms with Crippen LogP contribution in [0.3, 0.4) is 0 Å². The van der Waals surface area contributed by atoms with E-state index in [1.54, 1.807) is 24.3 Å². The van der Waals surface area contributed by atoms with Crippen LogP contribution in [0.1, 0.15) is 23.2 Å². The van der Waals surface area contributed by atoms with Gasteiger partial charge in [0.05, 0.1) is 17.7 Å². The van der Waals surface area contributed by atoms with Gasteiger partial charge in [-0.15, -0.1) is 0 Å². The molecular weight excluding hydrogens is 254 g/mol. The van der Waals surface area contributed by atoms with Crippen LogP contribution in [-0.2, 0) is 9.53 Å². The molecule has 1 amide bonds. The van der Waals surface area contributed by atoms with Crippen molar-refractivity contribution in [2.45, 2.75) is 18.9 Å². The summed E-state index contributed by atoms with van der Waals surface area (Å²) in [5.41, 5.74) is 0.426. The number of hydrogen-bond acceptors (Lipinski definition) is 3. The van der Waals surface area contributed by atoms with Crippen molar-refractivity contribution in [3.63, 3.8) is 0 Å². The van der Waals surface area contributed by atoms with Gasteiger partial charge in [-0.05, 0) is 25.0 Å². The predicted molar refractivity (Wildman–Crippen MR) is 67.5 cm³/mol. The standard InChI is InChI=1S/C13H14ClNO3/c1-18-13(17)11-7-4-8-15(11)12(16)9-5-2-3-6-10(9)14/h2-3,5-6,11H,4,7-8H2,1H3/t11-/m0/s1. The van der Waals surface area contributed by atoms with Crippen molar-refractivity contribution in [2.75, 3.05) is 13.7 Å². The zero-order valence-electron chi connectivity index (χ0n) is 10.1. The molecule has 0 spiro atoms. The van der Waals surface area contributed by atoms with Gasteiger partial charge in [0.2, 0.25) is 0 Å². The number of likely N-dealkylation sites (tertiary alicyclic amines) is 1. The van der Waals surface area contributed by atoms with Crippen LogP contribution in [0, 0.1) is 0 Å². The summed E-state index contributed by atoms with van der Waals surface area (Å²) >= 11 is 6.00. The number of amides is 1. The molecule has 18 heavy (non-hydrogen) atoms. The third-order valence-corrected chi connectivity index (χ3v) is 3.42. The third-order valence-electron chi connectivity index (χ3n) is 3.09. The first-order valence-corrected chi connectivity index (χ1v) is 6.16. The van der Waals surface area contributed by atoms with E-state index in [-0.39, 0.29) is 11.9 Å². The highest BCUT2D eigenvalue weighted by molar-refractivity contribution is 6.33. The minimum Gasteiger partial charge on any atom is -0.467 e. The fraction of sp³-hybridized carbons (Fsp3) is 0.385. The van der Waals surface area contributed by atoms with Gasteiger partial charge in [-0.2, -0.15) is 0 Å². The normalized spacial score (nSPS) is 18.8. The third kappa shape index (κ3) is 2.34. The molecule has 1 saturated heterocycles. The first kappa shape index (κ1) is 12.9. The lowest BCUT2D eigenvalue weighted by Crippen LogP contribution is -2.41. The molecule has 1 aliphatic heterocycles. The minimum atomic E-state index is -0.487. The highest BCUT2D eigenvalue weighted by Gasteiger charge is 2.35. The van der Waals surface area contributed by atoms with Gasteiger partial charge in [-0.25, -0.2) is 4.79 Å². The summed E-state index contributed by atoms with van der Waals surface area (Å²) < 4.78 is 4.71. The van der Waals surface area contributed by atoms with Crippen molar-refractivity contribution in [3.05, 3.63) is 34.9 Å². The maximum atomic E-state index is 12.3. The summed E-state index contributed by atoms with van der Waals surface area (Å²) in [5, 5.41) is 0.401. The second-order valence-corrected chi connectivity index (χ2v) is 4.57. The number of methoxy groups -OCH3 is 1. The van der Waals surface area contributed by atoms with Crippen molar-refractivity contribution in [3.8, 4) is 0 Å². The monoisotopic (exact) mass is 267 g/mol. The number of halogens is 1. The van der Waals surface area contributed by atoms with Crippen LogP contribution in [0.15, 0.2) is 24.3 Å². The average molecular weight is 268 g/mol. The van der Waals surface area contributed by atoms with Gasteiger partial charge >= 0.3 is 5.97 Å². The highest BCUT2D eigenvalue weighted by Crippen LogP contribution is 2.24. The van der Waals surface area contributed by atoms with Gasteiger partial charge in [-0.3, -0.25) is 4.79 Å². The van der Waals surface area contributed by atoms with Gasteiger partial charge in [-0.1, -0.05) is 23.7 Å². The van der Waals surface area contributed by atoms with Crippen molar-refractivity contribution in [2.24, 2.45) is 0 Å². The number of hydrogen-bond donors (Lipinski definition) is 0. The Morgan fingerprint density at radius 2 is 2.11 bits per heavy atom. The van der Waals surface area contributed by atoms with Crippen LogP contribution >= 0.6 is 11.6 Å². The quantitative estimate of drug-likeness (QED) is 0.771. The van der Waals surface area contributed by atoms with Crippen molar-refractivity contribution < 1.29 is 14.3 Å². The molecule has 0 bridgehead atoms. The number of carbonyl (C=O) groups is 2. The van der Waals surface area contributed by atoms with E-state index in [1.807, 2.05) is 0 Å². The van der Waals surface area contributed by atoms with Crippen LogP contribution < -0.4 is 0 Å². The van der Waals surface area contributed by atoms with Gasteiger partial charge in [0, 0.05) is 6.54 Å². The second kappa shape index (κ2) is 5.40. The SMILES string of the molecule is COC(=O)[C@@H]1CCCN1C(=O)c1ccccc1Cl. The molecule has 0 saturated carbocycles. The summed E-state index contributed by atoms with van der Waals surface area (Å²) in [6.45, 7) is 0.559. The van der Waals surface area contributed by atoms with E-state index in [9.17, 15) is 9.59 Å². The molecule has 1 atom stereocenters. The van der Waals surface area contributed by atoms with Crippen molar-refractivity contribution >= 4 is 23.5 Å². The summed E-state index contributed by atoms with van der Waals surface area (Å²) in [6, 6.07) is 6.36. The molecule has 0 aromatic heterocycles. The smallest absolute Gasteiger partial charge is 0.328 e. The molecule has 1 aromatic carbocycles. The van der Waals surface area contributed by atoms with Gasteiger partial charge in [0.1, 0.15) is 6.04 Å². The molecule has 1 aliphatic rings. The largest absolute Gasteiger partial charge is 0.467 e. The Labute approximate surface area is 110 Å². The lowest BCUT2D eigenvalue weighted by atomic mass is 10.1. The summed E-state index contributed by atoms with van der Waals surface area (Å²) in [6.07, 6.45) is 1.44. The van der Waals surface area contributed by atoms with E-state index < -0.39 is 6.04 Å². The van der Waals surface area contributed by atoms with E-state index in [2.05, 4.69) is 0 Å². The topological polar surface area (TPSA) is 46.6 Å². The summed E-state index contributed by atoms with van der Waals surface area (Å²) in [4.78, 5) is 25.5. The van der Waals surface area contributed by atoms with Crippen LogP contribution in [0.25, 0.3) is 0 Å². The Hall–Kier alpha value is -1.55. The Balaban J connectivity index is 2.23. The van der Waals surface area contributed by atoms with Crippen LogP contribution in [-0.4, -0.2) is 36.5 Å². The lowest BCUT2D eigenvalue weighted by molar-refractivity contribution is -0.145. The molecule has 4 nitrogen and oxygen atoms in total. The lowest BCUT2D eigenvalue weighted by Gasteiger charge is -2.23. The number of carbonyl (C=O) groups excluding carboxylic acids is 2. The summed E-state index contributed by atoms with van der Waals surface area (Å²) in [7, 11) is 1.33. The Kier molecular flexibility index (Phi) is 3.87. The van der Waals surface area contributed by atoms with Gasteiger partial charge in [0.25, 0.3) is 5.91 Å². The van der Waals surface area contributed by atoms with Crippen LogP contribution in [0.4, 0.5) is 0 Å². The molecule has 1 fully saturated rings. The molecule has 0 N–H and O–H groups in total. The Morgan fingerprint density at radius 1 is 1.39 bits per heavy atom. The van der Waals surface area contributed by atoms with E-state index in [1.165, 1.54) is 12.0 Å². The summed E-state index contributed by atoms with van der Waals surface area (Å²) in [5.74, 6) is -0.582. The molecule has 0 aliphatic carbocycles. The molecule has 96 valence electrons. The number of ether oxygens (including phenoxy) is 1. The molecule has 5 heteroatoms. The number of rotatable bonds is 2. The number of esters is 1. The maximum Gasteiger partial charge on any atom is 0.328 e. The first-order chi connectivity index (χ1) is 8.65. The minimum absolute atomic E-state index is 0.214. The molecule has 1 heterocycles. The van der Waals surface area contributed by atoms with Crippen LogP contribution in [0.5, 0.6) is 0 Å². The van der Waals surface area contributed by atoms with Gasteiger partial charge in [0.15, 0.2) is 0 Å². The molecule has 2 rings (SSSR count). The number of benzene rings is 1. The average Bonchev–Trinajstić information content (AvgIpc) is 2.86. The van der Waals surface area contributed by atoms with Crippen LogP contribution in [0.2, 0.25) is 5.02 Å². The molecular formula is C13H14ClNO3. The van der Waals surface area contributed by atoms with E-state index in [0.717, 1.165) is 6.42 Å². The van der Waals surface area contributed by atoms with E-state index in [0.29, 0.717) is 23.6 Å². The highest BCUT2D eigenvalue weighted by atomic mass is 35.5. The number of nitrogens with zero attached hydrogens (tertiary/aromatic N) is 1. The maximum absolute atomic E-state index is 12.3. The predicted octanol–water partition coefficient (Wildman–Crippen LogP) is 2.12. The van der Waals surface area contributed by atoms with E-state index in [4.69, 9.17) is 16.3 Å². The molecule has 1 aromatic rings.